The van der Waals surface area contributed by atoms with Crippen LogP contribution in [-0.2, 0) is 5.00 Å². The molecule has 0 amide bonds. The fourth-order valence-corrected chi connectivity index (χ4v) is 2.00. The zero-order valence-electron chi connectivity index (χ0n) is 12.5. The fourth-order valence-electron chi connectivity index (χ4n) is 1.84. The van der Waals surface area contributed by atoms with Crippen molar-refractivity contribution in [2.45, 2.75) is 25.0 Å². The number of benzene rings is 2. The van der Waals surface area contributed by atoms with Gasteiger partial charge < -0.3 is 0 Å². The van der Waals surface area contributed by atoms with Crippen LogP contribution in [-0.4, -0.2) is 12.2 Å². The van der Waals surface area contributed by atoms with Gasteiger partial charge in [0.05, 0.1) is 11.7 Å². The minimum Gasteiger partial charge on any atom is -0.188 e. The summed E-state index contributed by atoms with van der Waals surface area (Å²) in [5.41, 5.74) is 2.11. The number of hydrogen-bond acceptors (Lipinski definition) is 2. The van der Waals surface area contributed by atoms with E-state index in [9.17, 15) is 13.2 Å². The Hall–Kier alpha value is -2.10. The summed E-state index contributed by atoms with van der Waals surface area (Å²) >= 11 is 5.77. The van der Waals surface area contributed by atoms with Gasteiger partial charge in [0.25, 0.3) is 5.00 Å². The van der Waals surface area contributed by atoms with E-state index >= 15 is 0 Å². The first-order valence-corrected chi connectivity index (χ1v) is 7.17. The topological polar surface area (TPSA) is 24.7 Å². The highest BCUT2D eigenvalue weighted by Crippen LogP contribution is 2.45. The van der Waals surface area contributed by atoms with E-state index in [1.165, 1.54) is 12.1 Å². The molecule has 0 aliphatic carbocycles. The second-order valence-electron chi connectivity index (χ2n) is 5.15. The van der Waals surface area contributed by atoms with Crippen LogP contribution in [0.4, 0.5) is 18.9 Å². The number of rotatable bonds is 3. The monoisotopic (exact) mass is 338 g/mol. The summed E-state index contributed by atoms with van der Waals surface area (Å²) < 4.78 is 40.1. The molecule has 0 spiro atoms. The molecule has 120 valence electrons. The van der Waals surface area contributed by atoms with Crippen LogP contribution >= 0.6 is 11.6 Å². The van der Waals surface area contributed by atoms with E-state index in [1.54, 1.807) is 43.3 Å². The van der Waals surface area contributed by atoms with Gasteiger partial charge in [0.15, 0.2) is 0 Å². The lowest BCUT2D eigenvalue weighted by molar-refractivity contribution is -0.162. The average Bonchev–Trinajstić information content (AvgIpc) is 2.48. The Balaban J connectivity index is 2.41. The number of aliphatic imine (C=N–C) groups is 2. The third-order valence-electron chi connectivity index (χ3n) is 3.23. The molecule has 0 N–H and O–H groups in total. The Bertz CT molecular complexity index is 730. The van der Waals surface area contributed by atoms with Gasteiger partial charge in [-0.05, 0) is 26.0 Å². The van der Waals surface area contributed by atoms with Crippen molar-refractivity contribution in [1.82, 2.24) is 0 Å². The summed E-state index contributed by atoms with van der Waals surface area (Å²) in [6, 6.07) is 14.7. The predicted molar refractivity (Wildman–Crippen MR) is 85.5 cm³/mol. The van der Waals surface area contributed by atoms with E-state index in [1.807, 2.05) is 6.92 Å². The molecule has 2 rings (SSSR count). The quantitative estimate of drug-likeness (QED) is 0.386. The van der Waals surface area contributed by atoms with E-state index in [0.717, 1.165) is 11.1 Å². The molecule has 0 saturated carbocycles. The van der Waals surface area contributed by atoms with Gasteiger partial charge in [-0.3, -0.25) is 0 Å². The number of alkyl halides is 4. The summed E-state index contributed by atoms with van der Waals surface area (Å²) in [6.07, 6.45) is -4.78. The maximum Gasteiger partial charge on any atom is 0.432 e. The van der Waals surface area contributed by atoms with Crippen molar-refractivity contribution in [3.63, 3.8) is 0 Å². The third-order valence-corrected chi connectivity index (χ3v) is 3.74. The third kappa shape index (κ3) is 4.01. The highest BCUT2D eigenvalue weighted by atomic mass is 35.5. The smallest absolute Gasteiger partial charge is 0.188 e. The Kier molecular flexibility index (Phi) is 4.93. The van der Waals surface area contributed by atoms with Gasteiger partial charge >= 0.3 is 6.18 Å². The minimum absolute atomic E-state index is 0.177. The standard InChI is InChI=1S/C17H14ClF3N2/c1-12-3-7-14(8-4-12)16(18,17(19,20)21)23-11-22-15-9-5-13(2)6-10-15/h3-10H,1-2H3. The molecular weight excluding hydrogens is 325 g/mol. The summed E-state index contributed by atoms with van der Waals surface area (Å²) in [6.45, 7) is 3.67. The van der Waals surface area contributed by atoms with Gasteiger partial charge in [0.2, 0.25) is 0 Å². The van der Waals surface area contributed by atoms with Gasteiger partial charge in [0, 0.05) is 5.56 Å². The molecule has 0 aliphatic rings. The first kappa shape index (κ1) is 17.3. The van der Waals surface area contributed by atoms with Gasteiger partial charge in [-0.25, -0.2) is 0 Å². The molecule has 1 atom stereocenters. The molecule has 2 nitrogen and oxygen atoms in total. The molecule has 6 heteroatoms. The lowest BCUT2D eigenvalue weighted by Crippen LogP contribution is -2.35. The molecule has 0 bridgehead atoms. The van der Waals surface area contributed by atoms with E-state index < -0.39 is 11.2 Å². The van der Waals surface area contributed by atoms with Gasteiger partial charge in [-0.15, -0.1) is 0 Å². The largest absolute Gasteiger partial charge is 0.432 e. The van der Waals surface area contributed by atoms with E-state index in [4.69, 9.17) is 11.6 Å². The highest BCUT2D eigenvalue weighted by molar-refractivity contribution is 6.24. The van der Waals surface area contributed by atoms with Crippen molar-refractivity contribution >= 4 is 23.3 Å². The highest BCUT2D eigenvalue weighted by Gasteiger charge is 2.55. The SMILES string of the molecule is Cc1ccc(N=C=NC(Cl)(c2ccc(C)cc2)C(F)(F)F)cc1. The second kappa shape index (κ2) is 6.57. The second-order valence-corrected chi connectivity index (χ2v) is 5.69. The lowest BCUT2D eigenvalue weighted by atomic mass is 10.0. The van der Waals surface area contributed by atoms with Crippen molar-refractivity contribution in [1.29, 1.82) is 0 Å². The van der Waals surface area contributed by atoms with Crippen molar-refractivity contribution in [3.8, 4) is 0 Å². The van der Waals surface area contributed by atoms with E-state index in [2.05, 4.69) is 16.0 Å². The molecular formula is C17H14ClF3N2. The molecule has 2 aromatic carbocycles. The van der Waals surface area contributed by atoms with Gasteiger partial charge in [0.1, 0.15) is 0 Å². The average molecular weight is 339 g/mol. The number of hydrogen-bond donors (Lipinski definition) is 0. The summed E-state index contributed by atoms with van der Waals surface area (Å²) in [4.78, 5) is 4.25. The maximum atomic E-state index is 13.4. The fraction of sp³-hybridized carbons (Fsp3) is 0.235. The Labute approximate surface area is 137 Å². The van der Waals surface area contributed by atoms with Gasteiger partial charge in [-0.2, -0.15) is 23.2 Å². The molecule has 0 heterocycles. The van der Waals surface area contributed by atoms with Crippen LogP contribution in [0.1, 0.15) is 16.7 Å². The molecule has 0 saturated heterocycles. The van der Waals surface area contributed by atoms with Crippen LogP contribution < -0.4 is 0 Å². The first-order chi connectivity index (χ1) is 10.7. The number of halogens is 4. The normalized spacial score (nSPS) is 13.8. The van der Waals surface area contributed by atoms with E-state index in [0.29, 0.717) is 5.69 Å². The molecule has 0 aliphatic heterocycles. The van der Waals surface area contributed by atoms with Crippen molar-refractivity contribution in [3.05, 3.63) is 65.2 Å². The molecule has 0 radical (unpaired) electrons. The molecule has 1 unspecified atom stereocenters. The number of aryl methyl sites for hydroxylation is 2. The van der Waals surface area contributed by atoms with Crippen LogP contribution in [0, 0.1) is 13.8 Å². The summed E-state index contributed by atoms with van der Waals surface area (Å²) in [5.74, 6) is 0. The summed E-state index contributed by atoms with van der Waals surface area (Å²) in [5, 5.41) is 0. The summed E-state index contributed by atoms with van der Waals surface area (Å²) in [7, 11) is 0. The Morgan fingerprint density at radius 1 is 0.870 bits per heavy atom. The van der Waals surface area contributed by atoms with Crippen LogP contribution in [0.3, 0.4) is 0 Å². The van der Waals surface area contributed by atoms with Crippen molar-refractivity contribution in [2.24, 2.45) is 9.98 Å². The van der Waals surface area contributed by atoms with Crippen molar-refractivity contribution < 1.29 is 13.2 Å². The van der Waals surface area contributed by atoms with Gasteiger partial charge in [-0.1, -0.05) is 59.1 Å². The molecule has 0 fully saturated rings. The van der Waals surface area contributed by atoms with Crippen LogP contribution in [0.15, 0.2) is 58.5 Å². The maximum absolute atomic E-state index is 13.4. The first-order valence-electron chi connectivity index (χ1n) is 6.79. The molecule has 0 aromatic heterocycles. The molecule has 23 heavy (non-hydrogen) atoms. The molecule has 2 aromatic rings. The van der Waals surface area contributed by atoms with Crippen LogP contribution in [0.2, 0.25) is 0 Å². The Morgan fingerprint density at radius 2 is 1.35 bits per heavy atom. The minimum atomic E-state index is -4.78. The van der Waals surface area contributed by atoms with E-state index in [-0.39, 0.29) is 5.56 Å². The van der Waals surface area contributed by atoms with Crippen LogP contribution in [0.5, 0.6) is 0 Å². The van der Waals surface area contributed by atoms with Crippen LogP contribution in [0.25, 0.3) is 0 Å². The predicted octanol–water partition coefficient (Wildman–Crippen LogP) is 5.76. The Morgan fingerprint density at radius 3 is 1.83 bits per heavy atom. The zero-order chi connectivity index (χ0) is 17.1. The van der Waals surface area contributed by atoms with Crippen molar-refractivity contribution in [2.75, 3.05) is 0 Å². The number of nitrogens with zero attached hydrogens (tertiary/aromatic N) is 2. The lowest BCUT2D eigenvalue weighted by Gasteiger charge is -2.24. The zero-order valence-corrected chi connectivity index (χ0v) is 13.3.